The second-order valence-electron chi connectivity index (χ2n) is 5.54. The van der Waals surface area contributed by atoms with Crippen molar-refractivity contribution >= 4 is 11.7 Å². The molecular weight excluding hydrogens is 228 g/mol. The van der Waals surface area contributed by atoms with E-state index in [1.165, 1.54) is 6.92 Å². The normalized spacial score (nSPS) is 13.2. The lowest BCUT2D eigenvalue weighted by molar-refractivity contribution is -0.133. The summed E-state index contributed by atoms with van der Waals surface area (Å²) in [5, 5.41) is 2.77. The molecule has 18 heavy (non-hydrogen) atoms. The number of Topliss-reactive ketones (excluding diaryl/α,β-unsaturated/α-hetero) is 1. The first-order valence-electron chi connectivity index (χ1n) is 6.86. The van der Waals surface area contributed by atoms with Crippen LogP contribution in [0.5, 0.6) is 0 Å². The molecule has 0 bridgehead atoms. The predicted molar refractivity (Wildman–Crippen MR) is 74.2 cm³/mol. The van der Waals surface area contributed by atoms with E-state index in [4.69, 9.17) is 5.73 Å². The van der Waals surface area contributed by atoms with Gasteiger partial charge in [0.15, 0.2) is 5.78 Å². The van der Waals surface area contributed by atoms with Gasteiger partial charge in [-0.25, -0.2) is 0 Å². The van der Waals surface area contributed by atoms with E-state index in [2.05, 4.69) is 12.2 Å². The second kappa shape index (κ2) is 8.25. The van der Waals surface area contributed by atoms with Crippen molar-refractivity contribution in [2.45, 2.75) is 65.8 Å². The quantitative estimate of drug-likeness (QED) is 0.620. The third-order valence-corrected chi connectivity index (χ3v) is 3.18. The van der Waals surface area contributed by atoms with E-state index in [9.17, 15) is 9.59 Å². The average Bonchev–Trinajstić information content (AvgIpc) is 2.26. The van der Waals surface area contributed by atoms with Crippen LogP contribution in [0.15, 0.2) is 0 Å². The molecule has 0 aromatic carbocycles. The van der Waals surface area contributed by atoms with Crippen molar-refractivity contribution in [1.82, 2.24) is 5.32 Å². The van der Waals surface area contributed by atoms with Gasteiger partial charge in [-0.2, -0.15) is 0 Å². The van der Waals surface area contributed by atoms with Crippen LogP contribution in [0.25, 0.3) is 0 Å². The van der Waals surface area contributed by atoms with Gasteiger partial charge in [-0.3, -0.25) is 9.59 Å². The van der Waals surface area contributed by atoms with Crippen LogP contribution in [0.3, 0.4) is 0 Å². The van der Waals surface area contributed by atoms with Crippen molar-refractivity contribution < 1.29 is 9.59 Å². The number of ketones is 1. The molecule has 0 heterocycles. The molecule has 4 heteroatoms. The first kappa shape index (κ1) is 17.1. The number of rotatable bonds is 9. The summed E-state index contributed by atoms with van der Waals surface area (Å²) in [6, 6.07) is -0.365. The minimum Gasteiger partial charge on any atom is -0.347 e. The highest BCUT2D eigenvalue weighted by Crippen LogP contribution is 2.26. The molecule has 0 aliphatic heterocycles. The smallest absolute Gasteiger partial charge is 0.217 e. The lowest BCUT2D eigenvalue weighted by Gasteiger charge is -2.28. The number of nitrogens with one attached hydrogen (secondary N) is 1. The molecule has 1 atom stereocenters. The van der Waals surface area contributed by atoms with Gasteiger partial charge in [-0.1, -0.05) is 27.2 Å². The van der Waals surface area contributed by atoms with Crippen molar-refractivity contribution in [3.8, 4) is 0 Å². The molecule has 0 saturated heterocycles. The molecule has 0 spiro atoms. The van der Waals surface area contributed by atoms with Crippen molar-refractivity contribution in [2.75, 3.05) is 6.54 Å². The Bertz CT molecular complexity index is 275. The van der Waals surface area contributed by atoms with E-state index in [0.717, 1.165) is 25.7 Å². The van der Waals surface area contributed by atoms with E-state index in [-0.39, 0.29) is 23.1 Å². The Morgan fingerprint density at radius 3 is 2.33 bits per heavy atom. The highest BCUT2D eigenvalue weighted by atomic mass is 16.2. The molecule has 0 rings (SSSR count). The molecular formula is C14H28N2O2. The number of hydrogen-bond acceptors (Lipinski definition) is 3. The third-order valence-electron chi connectivity index (χ3n) is 3.18. The Hall–Kier alpha value is -0.900. The Labute approximate surface area is 111 Å². The molecule has 1 unspecified atom stereocenters. The molecule has 0 radical (unpaired) electrons. The standard InChI is InChI=1S/C14H28N2O2/c1-5-9-14(3,4)13(18)12(16-11(2)17)8-6-7-10-15/h12H,5-10,15H2,1-4H3,(H,16,17). The number of carbonyl (C=O) groups is 2. The van der Waals surface area contributed by atoms with Crippen LogP contribution in [-0.2, 0) is 9.59 Å². The number of hydrogen-bond donors (Lipinski definition) is 2. The number of carbonyl (C=O) groups excluding carboxylic acids is 2. The van der Waals surface area contributed by atoms with Gasteiger partial charge < -0.3 is 11.1 Å². The summed E-state index contributed by atoms with van der Waals surface area (Å²) < 4.78 is 0. The molecule has 1 amide bonds. The van der Waals surface area contributed by atoms with Gasteiger partial charge in [0.05, 0.1) is 6.04 Å². The fourth-order valence-electron chi connectivity index (χ4n) is 2.23. The van der Waals surface area contributed by atoms with Crippen LogP contribution in [0, 0.1) is 5.41 Å². The summed E-state index contributed by atoms with van der Waals surface area (Å²) in [4.78, 5) is 23.6. The topological polar surface area (TPSA) is 72.2 Å². The Balaban J connectivity index is 4.61. The Morgan fingerprint density at radius 2 is 1.89 bits per heavy atom. The summed E-state index contributed by atoms with van der Waals surface area (Å²) in [5.41, 5.74) is 5.08. The van der Waals surface area contributed by atoms with Crippen LogP contribution < -0.4 is 11.1 Å². The van der Waals surface area contributed by atoms with E-state index in [0.29, 0.717) is 13.0 Å². The Kier molecular flexibility index (Phi) is 7.83. The highest BCUT2D eigenvalue weighted by molar-refractivity contribution is 5.92. The number of nitrogens with two attached hydrogens (primary N) is 1. The van der Waals surface area contributed by atoms with Gasteiger partial charge >= 0.3 is 0 Å². The summed E-state index contributed by atoms with van der Waals surface area (Å²) in [6.07, 6.45) is 4.25. The molecule has 0 aliphatic carbocycles. The summed E-state index contributed by atoms with van der Waals surface area (Å²) in [5.74, 6) is -0.00929. The highest BCUT2D eigenvalue weighted by Gasteiger charge is 2.32. The summed E-state index contributed by atoms with van der Waals surface area (Å²) in [6.45, 7) is 8.05. The van der Waals surface area contributed by atoms with Gasteiger partial charge in [0.25, 0.3) is 0 Å². The maximum absolute atomic E-state index is 12.4. The molecule has 0 aliphatic rings. The molecule has 0 saturated carbocycles. The molecule has 3 N–H and O–H groups in total. The molecule has 0 aromatic rings. The molecule has 106 valence electrons. The van der Waals surface area contributed by atoms with Crippen LogP contribution in [0.2, 0.25) is 0 Å². The SMILES string of the molecule is CCCC(C)(C)C(=O)C(CCCCN)NC(C)=O. The monoisotopic (exact) mass is 256 g/mol. The van der Waals surface area contributed by atoms with Gasteiger partial charge in [0, 0.05) is 12.3 Å². The van der Waals surface area contributed by atoms with E-state index < -0.39 is 0 Å². The van der Waals surface area contributed by atoms with Gasteiger partial charge in [-0.05, 0) is 32.2 Å². The van der Waals surface area contributed by atoms with Gasteiger partial charge in [0.2, 0.25) is 5.91 Å². The third kappa shape index (κ3) is 6.15. The second-order valence-corrected chi connectivity index (χ2v) is 5.54. The summed E-state index contributed by atoms with van der Waals surface area (Å²) >= 11 is 0. The first-order valence-corrected chi connectivity index (χ1v) is 6.86. The van der Waals surface area contributed by atoms with Gasteiger partial charge in [0.1, 0.15) is 0 Å². The molecule has 0 fully saturated rings. The molecule has 0 aromatic heterocycles. The lowest BCUT2D eigenvalue weighted by Crippen LogP contribution is -2.45. The summed E-state index contributed by atoms with van der Waals surface area (Å²) in [7, 11) is 0. The van der Waals surface area contributed by atoms with Crippen molar-refractivity contribution in [3.05, 3.63) is 0 Å². The minimum absolute atomic E-state index is 0.136. The van der Waals surface area contributed by atoms with E-state index in [1.807, 2.05) is 13.8 Å². The Morgan fingerprint density at radius 1 is 1.28 bits per heavy atom. The maximum atomic E-state index is 12.4. The lowest BCUT2D eigenvalue weighted by atomic mass is 9.79. The minimum atomic E-state index is -0.370. The average molecular weight is 256 g/mol. The first-order chi connectivity index (χ1) is 8.35. The van der Waals surface area contributed by atoms with Gasteiger partial charge in [-0.15, -0.1) is 0 Å². The maximum Gasteiger partial charge on any atom is 0.217 e. The van der Waals surface area contributed by atoms with Crippen LogP contribution >= 0.6 is 0 Å². The van der Waals surface area contributed by atoms with Crippen molar-refractivity contribution in [3.63, 3.8) is 0 Å². The molecule has 4 nitrogen and oxygen atoms in total. The van der Waals surface area contributed by atoms with E-state index >= 15 is 0 Å². The predicted octanol–water partition coefficient (Wildman–Crippen LogP) is 2.02. The van der Waals surface area contributed by atoms with Crippen LogP contribution in [-0.4, -0.2) is 24.3 Å². The zero-order valence-electron chi connectivity index (χ0n) is 12.2. The fraction of sp³-hybridized carbons (Fsp3) is 0.857. The fourth-order valence-corrected chi connectivity index (χ4v) is 2.23. The number of unbranched alkanes of at least 4 members (excludes halogenated alkanes) is 1. The van der Waals surface area contributed by atoms with Crippen molar-refractivity contribution in [2.24, 2.45) is 11.1 Å². The zero-order valence-corrected chi connectivity index (χ0v) is 12.2. The zero-order chi connectivity index (χ0) is 14.2. The van der Waals surface area contributed by atoms with Crippen LogP contribution in [0.1, 0.15) is 59.8 Å². The van der Waals surface area contributed by atoms with E-state index in [1.54, 1.807) is 0 Å². The van der Waals surface area contributed by atoms with Crippen LogP contribution in [0.4, 0.5) is 0 Å². The largest absolute Gasteiger partial charge is 0.347 e. The van der Waals surface area contributed by atoms with Crippen molar-refractivity contribution in [1.29, 1.82) is 0 Å². The number of amides is 1.